The minimum absolute atomic E-state index is 0.280. The lowest BCUT2D eigenvalue weighted by molar-refractivity contribution is 0.585. The Morgan fingerprint density at radius 1 is 1.39 bits per heavy atom. The van der Waals surface area contributed by atoms with Gasteiger partial charge in [-0.05, 0) is 25.0 Å². The Morgan fingerprint density at radius 2 is 2.22 bits per heavy atom. The minimum atomic E-state index is -2.97. The van der Waals surface area contributed by atoms with Crippen molar-refractivity contribution in [2.24, 2.45) is 0 Å². The summed E-state index contributed by atoms with van der Waals surface area (Å²) in [5.41, 5.74) is 0.646. The van der Waals surface area contributed by atoms with Crippen LogP contribution in [0.15, 0.2) is 18.2 Å². The normalized spacial score (nSPS) is 22.6. The van der Waals surface area contributed by atoms with Crippen molar-refractivity contribution in [3.05, 3.63) is 29.2 Å². The molecule has 1 aliphatic heterocycles. The summed E-state index contributed by atoms with van der Waals surface area (Å²) in [5, 5.41) is 8.21. The van der Waals surface area contributed by atoms with E-state index < -0.39 is 9.84 Å². The van der Waals surface area contributed by atoms with Crippen LogP contribution in [0.4, 0.5) is 0 Å². The van der Waals surface area contributed by atoms with Gasteiger partial charge < -0.3 is 0 Å². The summed E-state index contributed by atoms with van der Waals surface area (Å²) < 4.78 is 25.3. The summed E-state index contributed by atoms with van der Waals surface area (Å²) in [6, 6.07) is 5.33. The van der Waals surface area contributed by atoms with Gasteiger partial charge in [-0.2, -0.15) is 0 Å². The van der Waals surface area contributed by atoms with Gasteiger partial charge in [0.15, 0.2) is 15.5 Å². The number of nitrogens with zero attached hydrogens (tertiary/aromatic N) is 3. The van der Waals surface area contributed by atoms with E-state index >= 15 is 0 Å². The van der Waals surface area contributed by atoms with Crippen LogP contribution in [0.25, 0.3) is 5.65 Å². The van der Waals surface area contributed by atoms with Gasteiger partial charge in [0, 0.05) is 6.42 Å². The minimum Gasteiger partial charge on any atom is -0.269 e. The maximum atomic E-state index is 11.8. The van der Waals surface area contributed by atoms with Crippen molar-refractivity contribution in [2.45, 2.75) is 24.5 Å². The number of rotatable bonds is 2. The number of halogens is 1. The van der Waals surface area contributed by atoms with Crippen LogP contribution in [-0.4, -0.2) is 34.0 Å². The van der Waals surface area contributed by atoms with Gasteiger partial charge in [0.1, 0.15) is 11.0 Å². The van der Waals surface area contributed by atoms with Gasteiger partial charge >= 0.3 is 0 Å². The first-order valence-corrected chi connectivity index (χ1v) is 7.87. The van der Waals surface area contributed by atoms with Gasteiger partial charge in [-0.25, -0.2) is 8.42 Å². The van der Waals surface area contributed by atoms with Crippen molar-refractivity contribution in [1.82, 2.24) is 14.6 Å². The highest BCUT2D eigenvalue weighted by molar-refractivity contribution is 7.92. The third kappa shape index (κ3) is 1.89. The molecular weight excluding hydrogens is 274 g/mol. The van der Waals surface area contributed by atoms with E-state index in [9.17, 15) is 8.42 Å². The third-order valence-corrected chi connectivity index (χ3v) is 5.89. The van der Waals surface area contributed by atoms with Crippen LogP contribution in [0, 0.1) is 0 Å². The molecule has 96 valence electrons. The van der Waals surface area contributed by atoms with E-state index in [-0.39, 0.29) is 11.0 Å². The second kappa shape index (κ2) is 4.20. The number of pyridine rings is 1. The number of fused-ring (bicyclic) bond motifs is 1. The van der Waals surface area contributed by atoms with Crippen molar-refractivity contribution in [1.29, 1.82) is 0 Å². The van der Waals surface area contributed by atoms with Crippen molar-refractivity contribution < 1.29 is 8.42 Å². The molecule has 18 heavy (non-hydrogen) atoms. The fraction of sp³-hybridized carbons (Fsp3) is 0.455. The molecule has 3 rings (SSSR count). The lowest BCUT2D eigenvalue weighted by Gasteiger charge is -2.08. The SMILES string of the molecule is O=S1(=O)CCCC1Cc1nnc2cccc(Cl)n12. The molecule has 0 amide bonds. The van der Waals surface area contributed by atoms with Gasteiger partial charge in [0.25, 0.3) is 0 Å². The van der Waals surface area contributed by atoms with E-state index in [1.165, 1.54) is 0 Å². The van der Waals surface area contributed by atoms with E-state index in [4.69, 9.17) is 11.6 Å². The molecule has 0 saturated carbocycles. The lowest BCUT2D eigenvalue weighted by Crippen LogP contribution is -2.20. The van der Waals surface area contributed by atoms with Crippen molar-refractivity contribution in [2.75, 3.05) is 5.75 Å². The Balaban J connectivity index is 2.01. The largest absolute Gasteiger partial charge is 0.269 e. The second-order valence-electron chi connectivity index (χ2n) is 4.49. The summed E-state index contributed by atoms with van der Waals surface area (Å²) in [4.78, 5) is 0. The van der Waals surface area contributed by atoms with E-state index in [1.54, 1.807) is 22.6 Å². The number of aromatic nitrogens is 3. The molecule has 7 heteroatoms. The molecule has 0 aromatic carbocycles. The fourth-order valence-electron chi connectivity index (χ4n) is 2.38. The highest BCUT2D eigenvalue weighted by atomic mass is 35.5. The van der Waals surface area contributed by atoms with Crippen LogP contribution in [0.5, 0.6) is 0 Å². The summed E-state index contributed by atoms with van der Waals surface area (Å²) in [7, 11) is -2.97. The molecule has 1 fully saturated rings. The molecule has 5 nitrogen and oxygen atoms in total. The number of hydrogen-bond donors (Lipinski definition) is 0. The molecule has 1 unspecified atom stereocenters. The molecule has 3 heterocycles. The van der Waals surface area contributed by atoms with Crippen LogP contribution in [0.3, 0.4) is 0 Å². The van der Waals surface area contributed by atoms with Crippen LogP contribution in [0.1, 0.15) is 18.7 Å². The van der Waals surface area contributed by atoms with Gasteiger partial charge in [-0.3, -0.25) is 4.40 Å². The van der Waals surface area contributed by atoms with Gasteiger partial charge in [-0.15, -0.1) is 10.2 Å². The van der Waals surface area contributed by atoms with E-state index in [2.05, 4.69) is 10.2 Å². The molecule has 1 saturated heterocycles. The average Bonchev–Trinajstić information content (AvgIpc) is 2.85. The Morgan fingerprint density at radius 3 is 2.94 bits per heavy atom. The Hall–Kier alpha value is -1.14. The highest BCUT2D eigenvalue weighted by Crippen LogP contribution is 2.24. The summed E-state index contributed by atoms with van der Waals surface area (Å²) in [5.74, 6) is 0.897. The fourth-order valence-corrected chi connectivity index (χ4v) is 4.47. The van der Waals surface area contributed by atoms with E-state index in [0.29, 0.717) is 29.5 Å². The zero-order valence-electron chi connectivity index (χ0n) is 9.58. The van der Waals surface area contributed by atoms with Crippen molar-refractivity contribution >= 4 is 27.1 Å². The maximum absolute atomic E-state index is 11.8. The van der Waals surface area contributed by atoms with Gasteiger partial charge in [0.2, 0.25) is 0 Å². The molecule has 0 aliphatic carbocycles. The highest BCUT2D eigenvalue weighted by Gasteiger charge is 2.32. The quantitative estimate of drug-likeness (QED) is 0.785. The Kier molecular flexibility index (Phi) is 2.79. The van der Waals surface area contributed by atoms with Crippen LogP contribution < -0.4 is 0 Å². The molecule has 1 aliphatic rings. The Labute approximate surface area is 110 Å². The first kappa shape index (κ1) is 11.9. The van der Waals surface area contributed by atoms with E-state index in [0.717, 1.165) is 6.42 Å². The predicted octanol–water partition coefficient (Wildman–Crippen LogP) is 1.50. The van der Waals surface area contributed by atoms with Crippen LogP contribution >= 0.6 is 11.6 Å². The zero-order valence-corrected chi connectivity index (χ0v) is 11.2. The first-order valence-electron chi connectivity index (χ1n) is 5.78. The van der Waals surface area contributed by atoms with Crippen LogP contribution in [-0.2, 0) is 16.3 Å². The van der Waals surface area contributed by atoms with Crippen LogP contribution in [0.2, 0.25) is 5.15 Å². The van der Waals surface area contributed by atoms with Crippen molar-refractivity contribution in [3.63, 3.8) is 0 Å². The van der Waals surface area contributed by atoms with Gasteiger partial charge in [0.05, 0.1) is 11.0 Å². The maximum Gasteiger partial charge on any atom is 0.161 e. The molecule has 0 N–H and O–H groups in total. The van der Waals surface area contributed by atoms with Crippen molar-refractivity contribution in [3.8, 4) is 0 Å². The molecule has 0 spiro atoms. The standard InChI is InChI=1S/C11H12ClN3O2S/c12-9-4-1-5-10-13-14-11(15(9)10)7-8-3-2-6-18(8,16)17/h1,4-5,8H,2-3,6-7H2. The second-order valence-corrected chi connectivity index (χ2v) is 7.28. The molecule has 2 aromatic rings. The zero-order chi connectivity index (χ0) is 12.8. The molecular formula is C11H12ClN3O2S. The number of sulfone groups is 1. The number of hydrogen-bond acceptors (Lipinski definition) is 4. The molecule has 0 bridgehead atoms. The Bertz CT molecular complexity index is 695. The predicted molar refractivity (Wildman–Crippen MR) is 68.5 cm³/mol. The summed E-state index contributed by atoms with van der Waals surface area (Å²) >= 11 is 6.09. The molecule has 0 radical (unpaired) electrons. The average molecular weight is 286 g/mol. The first-order chi connectivity index (χ1) is 8.58. The molecule has 1 atom stereocenters. The third-order valence-electron chi connectivity index (χ3n) is 3.32. The summed E-state index contributed by atoms with van der Waals surface area (Å²) in [6.45, 7) is 0. The smallest absolute Gasteiger partial charge is 0.161 e. The van der Waals surface area contributed by atoms with Gasteiger partial charge in [-0.1, -0.05) is 17.7 Å². The summed E-state index contributed by atoms with van der Waals surface area (Å²) in [6.07, 6.45) is 1.81. The van der Waals surface area contributed by atoms with E-state index in [1.807, 2.05) is 0 Å². The monoisotopic (exact) mass is 285 g/mol. The lowest BCUT2D eigenvalue weighted by atomic mass is 10.2. The topological polar surface area (TPSA) is 64.3 Å². The molecule has 2 aromatic heterocycles.